The molecule has 1 heteroatoms. The minimum absolute atomic E-state index is 0.195. The molecule has 130 valence electrons. The van der Waals surface area contributed by atoms with Gasteiger partial charge in [0.25, 0.3) is 0 Å². The molecule has 0 heterocycles. The number of allylic oxidation sites excluding steroid dienone is 3. The standard InChI is InChI=1S/C26H23B/c1-4-22-21(17-27(2)3)20-13-7-10-16-25(20)26(22)23-14-8-5-11-18(23)19-12-6-9-15-24(19)26/h4-17H,1-3H3/b21-17-,22-4+. The van der Waals surface area contributed by atoms with E-state index < -0.39 is 0 Å². The Morgan fingerprint density at radius 2 is 1.11 bits per heavy atom. The van der Waals surface area contributed by atoms with Gasteiger partial charge in [-0.1, -0.05) is 92.5 Å². The van der Waals surface area contributed by atoms with Crippen molar-refractivity contribution in [2.45, 2.75) is 26.0 Å². The zero-order chi connectivity index (χ0) is 18.6. The lowest BCUT2D eigenvalue weighted by molar-refractivity contribution is 0.793. The lowest BCUT2D eigenvalue weighted by atomic mass is 9.53. The fourth-order valence-corrected chi connectivity index (χ4v) is 5.24. The van der Waals surface area contributed by atoms with Crippen LogP contribution in [0.4, 0.5) is 0 Å². The Bertz CT molecular complexity index is 1070. The molecule has 3 aromatic carbocycles. The molecule has 27 heavy (non-hydrogen) atoms. The molecule has 0 aromatic heterocycles. The highest BCUT2D eigenvalue weighted by Gasteiger charge is 2.52. The van der Waals surface area contributed by atoms with Crippen molar-refractivity contribution in [3.8, 4) is 11.1 Å². The summed E-state index contributed by atoms with van der Waals surface area (Å²) in [7, 11) is 0. The van der Waals surface area contributed by atoms with Gasteiger partial charge in [-0.15, -0.1) is 5.98 Å². The highest BCUT2D eigenvalue weighted by atomic mass is 14.5. The first-order valence-corrected chi connectivity index (χ1v) is 9.87. The van der Waals surface area contributed by atoms with Crippen LogP contribution in [0.2, 0.25) is 13.6 Å². The predicted molar refractivity (Wildman–Crippen MR) is 117 cm³/mol. The molecule has 0 radical (unpaired) electrons. The average Bonchev–Trinajstić information content (AvgIpc) is 3.14. The van der Waals surface area contributed by atoms with Gasteiger partial charge in [-0.2, -0.15) is 0 Å². The SMILES string of the molecule is C/C=C1\C(=C/B(C)C)c2ccccc2C12c1ccccc1-c1ccccc12. The molecule has 2 aliphatic rings. The van der Waals surface area contributed by atoms with Crippen molar-refractivity contribution in [3.63, 3.8) is 0 Å². The first-order chi connectivity index (χ1) is 13.2. The first kappa shape index (κ1) is 16.4. The highest BCUT2D eigenvalue weighted by Crippen LogP contribution is 2.63. The summed E-state index contributed by atoms with van der Waals surface area (Å²) >= 11 is 0. The normalized spacial score (nSPS) is 18.6. The summed E-state index contributed by atoms with van der Waals surface area (Å²) in [5, 5.41) is 0. The molecule has 0 N–H and O–H groups in total. The van der Waals surface area contributed by atoms with E-state index in [0.29, 0.717) is 6.71 Å². The Balaban J connectivity index is 1.98. The fraction of sp³-hybridized carbons (Fsp3) is 0.154. The molecule has 1 spiro atoms. The van der Waals surface area contributed by atoms with E-state index >= 15 is 0 Å². The van der Waals surface area contributed by atoms with Crippen LogP contribution >= 0.6 is 0 Å². The van der Waals surface area contributed by atoms with Gasteiger partial charge >= 0.3 is 0 Å². The molecule has 2 aliphatic carbocycles. The third-order valence-corrected chi connectivity index (χ3v) is 6.06. The summed E-state index contributed by atoms with van der Waals surface area (Å²) in [6.45, 7) is 7.24. The third-order valence-electron chi connectivity index (χ3n) is 6.06. The van der Waals surface area contributed by atoms with Crippen LogP contribution in [-0.4, -0.2) is 6.71 Å². The van der Waals surface area contributed by atoms with Crippen LogP contribution in [-0.2, 0) is 5.41 Å². The highest BCUT2D eigenvalue weighted by molar-refractivity contribution is 6.62. The summed E-state index contributed by atoms with van der Waals surface area (Å²) in [4.78, 5) is 0. The molecule has 0 fully saturated rings. The zero-order valence-electron chi connectivity index (χ0n) is 16.2. The summed E-state index contributed by atoms with van der Waals surface area (Å²) in [5.74, 6) is 2.44. The van der Waals surface area contributed by atoms with Gasteiger partial charge in [0, 0.05) is 0 Å². The zero-order valence-corrected chi connectivity index (χ0v) is 16.2. The summed E-state index contributed by atoms with van der Waals surface area (Å²) < 4.78 is 0. The molecule has 0 aliphatic heterocycles. The van der Waals surface area contributed by atoms with E-state index in [9.17, 15) is 0 Å². The minimum atomic E-state index is -0.195. The van der Waals surface area contributed by atoms with Gasteiger partial charge in [0.2, 0.25) is 0 Å². The van der Waals surface area contributed by atoms with E-state index in [1.165, 1.54) is 44.5 Å². The molecular formula is C26H23B. The lowest BCUT2D eigenvalue weighted by Gasteiger charge is -2.30. The van der Waals surface area contributed by atoms with Crippen LogP contribution in [0.5, 0.6) is 0 Å². The van der Waals surface area contributed by atoms with E-state index in [1.54, 1.807) is 0 Å². The van der Waals surface area contributed by atoms with Gasteiger partial charge in [0.05, 0.1) is 5.41 Å². The van der Waals surface area contributed by atoms with Crippen molar-refractivity contribution in [1.29, 1.82) is 0 Å². The maximum atomic E-state index is 2.44. The second kappa shape index (κ2) is 5.86. The summed E-state index contributed by atoms with van der Waals surface area (Å²) in [5.41, 5.74) is 11.0. The van der Waals surface area contributed by atoms with Crippen molar-refractivity contribution in [1.82, 2.24) is 0 Å². The number of fused-ring (bicyclic) bond motifs is 7. The first-order valence-electron chi connectivity index (χ1n) is 9.87. The molecule has 0 amide bonds. The van der Waals surface area contributed by atoms with E-state index in [1.807, 2.05) is 0 Å². The molecule has 0 unspecified atom stereocenters. The van der Waals surface area contributed by atoms with Crippen LogP contribution in [0.1, 0.15) is 29.2 Å². The molecule has 0 atom stereocenters. The third kappa shape index (κ3) is 2.00. The van der Waals surface area contributed by atoms with Crippen LogP contribution in [0.25, 0.3) is 16.7 Å². The van der Waals surface area contributed by atoms with Gasteiger partial charge < -0.3 is 0 Å². The largest absolute Gasteiger partial charge is 0.160 e. The van der Waals surface area contributed by atoms with Gasteiger partial charge in [-0.3, -0.25) is 0 Å². The molecule has 3 aromatic rings. The number of rotatable bonds is 1. The number of hydrogen-bond acceptors (Lipinski definition) is 0. The van der Waals surface area contributed by atoms with Crippen molar-refractivity contribution < 1.29 is 0 Å². The van der Waals surface area contributed by atoms with E-state index in [0.717, 1.165) is 0 Å². The van der Waals surface area contributed by atoms with Gasteiger partial charge in [-0.05, 0) is 51.5 Å². The molecule has 0 nitrogen and oxygen atoms in total. The monoisotopic (exact) mass is 346 g/mol. The molecule has 0 saturated heterocycles. The van der Waals surface area contributed by atoms with E-state index in [2.05, 4.69) is 105 Å². The Morgan fingerprint density at radius 1 is 0.667 bits per heavy atom. The van der Waals surface area contributed by atoms with Crippen LogP contribution < -0.4 is 0 Å². The topological polar surface area (TPSA) is 0 Å². The molecular weight excluding hydrogens is 323 g/mol. The smallest absolute Gasteiger partial charge is 0.108 e. The van der Waals surface area contributed by atoms with Crippen molar-refractivity contribution in [2.24, 2.45) is 0 Å². The average molecular weight is 346 g/mol. The van der Waals surface area contributed by atoms with Crippen LogP contribution in [0.3, 0.4) is 0 Å². The van der Waals surface area contributed by atoms with Crippen molar-refractivity contribution in [2.75, 3.05) is 0 Å². The van der Waals surface area contributed by atoms with Gasteiger partial charge in [0.15, 0.2) is 6.71 Å². The number of benzene rings is 3. The second-order valence-corrected chi connectivity index (χ2v) is 7.91. The van der Waals surface area contributed by atoms with E-state index in [-0.39, 0.29) is 5.41 Å². The fourth-order valence-electron chi connectivity index (χ4n) is 5.24. The quantitative estimate of drug-likeness (QED) is 0.433. The van der Waals surface area contributed by atoms with Crippen molar-refractivity contribution >= 4 is 12.3 Å². The van der Waals surface area contributed by atoms with Gasteiger partial charge in [-0.25, -0.2) is 0 Å². The van der Waals surface area contributed by atoms with Crippen LogP contribution in [0, 0.1) is 0 Å². The Kier molecular flexibility index (Phi) is 3.55. The van der Waals surface area contributed by atoms with E-state index in [4.69, 9.17) is 0 Å². The second-order valence-electron chi connectivity index (χ2n) is 7.91. The molecule has 5 rings (SSSR count). The Hall–Kier alpha value is -2.80. The lowest BCUT2D eigenvalue weighted by Crippen LogP contribution is -2.26. The maximum Gasteiger partial charge on any atom is 0.160 e. The van der Waals surface area contributed by atoms with Crippen LogP contribution in [0.15, 0.2) is 90.4 Å². The minimum Gasteiger partial charge on any atom is -0.108 e. The van der Waals surface area contributed by atoms with Crippen molar-refractivity contribution in [3.05, 3.63) is 113 Å². The maximum absolute atomic E-state index is 2.44. The Morgan fingerprint density at radius 3 is 1.59 bits per heavy atom. The summed E-state index contributed by atoms with van der Waals surface area (Å²) in [6, 6.07) is 26.9. The van der Waals surface area contributed by atoms with Gasteiger partial charge in [0.1, 0.15) is 0 Å². The molecule has 0 bridgehead atoms. The number of hydrogen-bond donors (Lipinski definition) is 0. The Labute approximate surface area is 162 Å². The predicted octanol–water partition coefficient (Wildman–Crippen LogP) is 6.64. The molecule has 0 saturated carbocycles. The summed E-state index contributed by atoms with van der Waals surface area (Å²) in [6.07, 6.45) is 2.34.